The van der Waals surface area contributed by atoms with Gasteiger partial charge in [0.05, 0.1) is 0 Å². The Kier molecular flexibility index (Phi) is 4.95. The predicted molar refractivity (Wildman–Crippen MR) is 82.0 cm³/mol. The Morgan fingerprint density at radius 3 is 2.15 bits per heavy atom. The number of benzene rings is 1. The molecule has 0 atom stereocenters. The summed E-state index contributed by atoms with van der Waals surface area (Å²) >= 11 is 3.37. The van der Waals surface area contributed by atoms with E-state index < -0.39 is 0 Å². The lowest BCUT2D eigenvalue weighted by Gasteiger charge is -2.33. The van der Waals surface area contributed by atoms with Crippen LogP contribution in [0.25, 0.3) is 6.08 Å². The number of hydrogen-bond donors (Lipinski definition) is 0. The highest BCUT2D eigenvalue weighted by atomic mass is 79.9. The average Bonchev–Trinajstić information content (AvgIpc) is 2.46. The van der Waals surface area contributed by atoms with Crippen molar-refractivity contribution < 1.29 is 9.59 Å². The molecule has 1 fully saturated rings. The minimum absolute atomic E-state index is 0.00359. The average molecular weight is 337 g/mol. The van der Waals surface area contributed by atoms with E-state index >= 15 is 0 Å². The van der Waals surface area contributed by atoms with Crippen LogP contribution in [-0.2, 0) is 9.59 Å². The fraction of sp³-hybridized carbons (Fsp3) is 0.333. The zero-order valence-corrected chi connectivity index (χ0v) is 13.0. The second kappa shape index (κ2) is 6.70. The Hall–Kier alpha value is -1.62. The maximum atomic E-state index is 12.0. The lowest BCUT2D eigenvalue weighted by molar-refractivity contribution is -0.135. The van der Waals surface area contributed by atoms with Crippen molar-refractivity contribution in [3.63, 3.8) is 0 Å². The molecule has 1 aromatic rings. The third-order valence-corrected chi connectivity index (χ3v) is 3.85. The SMILES string of the molecule is CC(=O)N1CCN(C(=O)/C=C/c2ccc(Br)cc2)CC1. The first-order chi connectivity index (χ1) is 9.56. The molecule has 1 aliphatic rings. The van der Waals surface area contributed by atoms with Crippen LogP contribution in [0.3, 0.4) is 0 Å². The zero-order valence-electron chi connectivity index (χ0n) is 11.4. The van der Waals surface area contributed by atoms with Crippen molar-refractivity contribution in [3.8, 4) is 0 Å². The Labute approximate surface area is 127 Å². The number of hydrogen-bond acceptors (Lipinski definition) is 2. The third-order valence-electron chi connectivity index (χ3n) is 3.33. The topological polar surface area (TPSA) is 40.6 Å². The smallest absolute Gasteiger partial charge is 0.246 e. The van der Waals surface area contributed by atoms with Gasteiger partial charge in [0, 0.05) is 43.7 Å². The monoisotopic (exact) mass is 336 g/mol. The van der Waals surface area contributed by atoms with E-state index in [-0.39, 0.29) is 11.8 Å². The molecule has 0 unspecified atom stereocenters. The molecule has 0 radical (unpaired) electrons. The molecule has 0 bridgehead atoms. The van der Waals surface area contributed by atoms with Crippen LogP contribution in [0.5, 0.6) is 0 Å². The van der Waals surface area contributed by atoms with Gasteiger partial charge in [0.15, 0.2) is 0 Å². The van der Waals surface area contributed by atoms with Gasteiger partial charge in [-0.15, -0.1) is 0 Å². The van der Waals surface area contributed by atoms with Crippen molar-refractivity contribution in [1.82, 2.24) is 9.80 Å². The minimum Gasteiger partial charge on any atom is -0.339 e. The number of nitrogens with zero attached hydrogens (tertiary/aromatic N) is 2. The van der Waals surface area contributed by atoms with Crippen LogP contribution >= 0.6 is 15.9 Å². The minimum atomic E-state index is -0.00359. The van der Waals surface area contributed by atoms with Gasteiger partial charge in [-0.25, -0.2) is 0 Å². The van der Waals surface area contributed by atoms with Crippen LogP contribution < -0.4 is 0 Å². The molecule has 1 saturated heterocycles. The van der Waals surface area contributed by atoms with E-state index in [1.54, 1.807) is 22.8 Å². The van der Waals surface area contributed by atoms with Crippen molar-refractivity contribution in [2.45, 2.75) is 6.92 Å². The van der Waals surface area contributed by atoms with Gasteiger partial charge in [0.25, 0.3) is 0 Å². The Bertz CT molecular complexity index is 517. The van der Waals surface area contributed by atoms with E-state index in [0.717, 1.165) is 10.0 Å². The number of piperazine rings is 1. The van der Waals surface area contributed by atoms with E-state index in [1.165, 1.54) is 0 Å². The maximum absolute atomic E-state index is 12.0. The van der Waals surface area contributed by atoms with Crippen LogP contribution in [0.15, 0.2) is 34.8 Å². The summed E-state index contributed by atoms with van der Waals surface area (Å²) in [7, 11) is 0. The first-order valence-corrected chi connectivity index (χ1v) is 7.33. The molecule has 1 aromatic carbocycles. The number of amides is 2. The summed E-state index contributed by atoms with van der Waals surface area (Å²) in [4.78, 5) is 26.8. The van der Waals surface area contributed by atoms with Gasteiger partial charge in [-0.3, -0.25) is 9.59 Å². The molecule has 20 heavy (non-hydrogen) atoms. The largest absolute Gasteiger partial charge is 0.339 e. The lowest BCUT2D eigenvalue weighted by Crippen LogP contribution is -2.49. The second-order valence-corrected chi connectivity index (χ2v) is 5.63. The summed E-state index contributed by atoms with van der Waals surface area (Å²) in [5, 5.41) is 0. The van der Waals surface area contributed by atoms with E-state index in [9.17, 15) is 9.59 Å². The highest BCUT2D eigenvalue weighted by Crippen LogP contribution is 2.12. The molecular weight excluding hydrogens is 320 g/mol. The van der Waals surface area contributed by atoms with Crippen LogP contribution in [0.4, 0.5) is 0 Å². The van der Waals surface area contributed by atoms with Crippen LogP contribution in [0.2, 0.25) is 0 Å². The Balaban J connectivity index is 1.89. The van der Waals surface area contributed by atoms with E-state index in [1.807, 2.05) is 30.3 Å². The molecule has 0 aromatic heterocycles. The second-order valence-electron chi connectivity index (χ2n) is 4.72. The molecule has 2 rings (SSSR count). The highest BCUT2D eigenvalue weighted by molar-refractivity contribution is 9.10. The number of halogens is 1. The highest BCUT2D eigenvalue weighted by Gasteiger charge is 2.20. The van der Waals surface area contributed by atoms with Gasteiger partial charge < -0.3 is 9.80 Å². The molecule has 1 aliphatic heterocycles. The van der Waals surface area contributed by atoms with E-state index in [4.69, 9.17) is 0 Å². The van der Waals surface area contributed by atoms with Gasteiger partial charge in [0.1, 0.15) is 0 Å². The van der Waals surface area contributed by atoms with Crippen molar-refractivity contribution in [2.75, 3.05) is 26.2 Å². The van der Waals surface area contributed by atoms with Gasteiger partial charge >= 0.3 is 0 Å². The molecule has 1 heterocycles. The standard InChI is InChI=1S/C15H17BrN2O2/c1-12(19)17-8-10-18(11-9-17)15(20)7-4-13-2-5-14(16)6-3-13/h2-7H,8-11H2,1H3/b7-4+. The van der Waals surface area contributed by atoms with Gasteiger partial charge in [-0.1, -0.05) is 28.1 Å². The summed E-state index contributed by atoms with van der Waals surface area (Å²) in [5.41, 5.74) is 0.990. The summed E-state index contributed by atoms with van der Waals surface area (Å²) in [5.74, 6) is 0.0682. The van der Waals surface area contributed by atoms with E-state index in [2.05, 4.69) is 15.9 Å². The Morgan fingerprint density at radius 2 is 1.60 bits per heavy atom. The summed E-state index contributed by atoms with van der Waals surface area (Å²) in [6.45, 7) is 4.00. The first-order valence-electron chi connectivity index (χ1n) is 6.54. The summed E-state index contributed by atoms with van der Waals surface area (Å²) in [6.07, 6.45) is 3.40. The molecule has 2 amide bonds. The molecule has 0 spiro atoms. The normalized spacial score (nSPS) is 15.7. The van der Waals surface area contributed by atoms with Gasteiger partial charge in [-0.05, 0) is 23.8 Å². The lowest BCUT2D eigenvalue weighted by atomic mass is 10.2. The molecular formula is C15H17BrN2O2. The van der Waals surface area contributed by atoms with Crippen LogP contribution in [0, 0.1) is 0 Å². The van der Waals surface area contributed by atoms with Gasteiger partial charge in [0.2, 0.25) is 11.8 Å². The Morgan fingerprint density at radius 1 is 1.05 bits per heavy atom. The fourth-order valence-electron chi connectivity index (χ4n) is 2.09. The van der Waals surface area contributed by atoms with Gasteiger partial charge in [-0.2, -0.15) is 0 Å². The summed E-state index contributed by atoms with van der Waals surface area (Å²) < 4.78 is 1.02. The zero-order chi connectivity index (χ0) is 14.5. The molecule has 0 N–H and O–H groups in total. The fourth-order valence-corrected chi connectivity index (χ4v) is 2.35. The first kappa shape index (κ1) is 14.8. The van der Waals surface area contributed by atoms with Crippen LogP contribution in [0.1, 0.15) is 12.5 Å². The molecule has 4 nitrogen and oxygen atoms in total. The molecule has 0 saturated carbocycles. The predicted octanol–water partition coefficient (Wildman–Crippen LogP) is 2.15. The maximum Gasteiger partial charge on any atom is 0.246 e. The van der Waals surface area contributed by atoms with Crippen molar-refractivity contribution >= 4 is 33.8 Å². The van der Waals surface area contributed by atoms with Crippen molar-refractivity contribution in [1.29, 1.82) is 0 Å². The van der Waals surface area contributed by atoms with Crippen LogP contribution in [-0.4, -0.2) is 47.8 Å². The van der Waals surface area contributed by atoms with Crippen molar-refractivity contribution in [2.24, 2.45) is 0 Å². The number of carbonyl (C=O) groups excluding carboxylic acids is 2. The van der Waals surface area contributed by atoms with E-state index in [0.29, 0.717) is 26.2 Å². The molecule has 106 valence electrons. The summed E-state index contributed by atoms with van der Waals surface area (Å²) in [6, 6.07) is 7.77. The quantitative estimate of drug-likeness (QED) is 0.776. The molecule has 5 heteroatoms. The number of rotatable bonds is 2. The third kappa shape index (κ3) is 3.93. The molecule has 0 aliphatic carbocycles. The number of carbonyl (C=O) groups is 2. The van der Waals surface area contributed by atoms with Crippen molar-refractivity contribution in [3.05, 3.63) is 40.4 Å².